The molecular weight excluding hydrogens is 320 g/mol. The first-order valence-electron chi connectivity index (χ1n) is 9.58. The van der Waals surface area contributed by atoms with Crippen molar-refractivity contribution < 1.29 is 4.74 Å². The van der Waals surface area contributed by atoms with Crippen LogP contribution in [0.1, 0.15) is 50.4 Å². The number of hydrogen-bond donors (Lipinski definition) is 0. The van der Waals surface area contributed by atoms with Crippen LogP contribution in [0.25, 0.3) is 16.9 Å². The Morgan fingerprint density at radius 1 is 1.31 bits per heavy atom. The Morgan fingerprint density at radius 2 is 2.00 bits per heavy atom. The second kappa shape index (κ2) is 7.53. The average molecular weight is 351 g/mol. The molecular formula is C23H30N2O. The summed E-state index contributed by atoms with van der Waals surface area (Å²) in [5.41, 5.74) is 5.93. The summed E-state index contributed by atoms with van der Waals surface area (Å²) < 4.78 is 5.61. The van der Waals surface area contributed by atoms with Crippen LogP contribution in [0.4, 0.5) is 5.82 Å². The van der Waals surface area contributed by atoms with Crippen molar-refractivity contribution in [1.82, 2.24) is 4.98 Å². The highest BCUT2D eigenvalue weighted by Gasteiger charge is 2.30. The predicted molar refractivity (Wildman–Crippen MR) is 111 cm³/mol. The monoisotopic (exact) mass is 350 g/mol. The normalized spacial score (nSPS) is 16.5. The van der Waals surface area contributed by atoms with Crippen LogP contribution < -0.4 is 4.90 Å². The molecule has 138 valence electrons. The van der Waals surface area contributed by atoms with Gasteiger partial charge in [-0.3, -0.25) is 0 Å². The molecule has 3 nitrogen and oxygen atoms in total. The van der Waals surface area contributed by atoms with Crippen molar-refractivity contribution in [3.8, 4) is 11.1 Å². The Kier molecular flexibility index (Phi) is 5.36. The van der Waals surface area contributed by atoms with Crippen LogP contribution in [0.2, 0.25) is 0 Å². The van der Waals surface area contributed by atoms with E-state index in [2.05, 4.69) is 69.5 Å². The molecule has 1 aliphatic rings. The van der Waals surface area contributed by atoms with Crippen LogP contribution in [-0.2, 0) is 11.2 Å². The summed E-state index contributed by atoms with van der Waals surface area (Å²) >= 11 is 0. The van der Waals surface area contributed by atoms with E-state index in [9.17, 15) is 0 Å². The first kappa shape index (κ1) is 18.5. The summed E-state index contributed by atoms with van der Waals surface area (Å²) in [6.45, 7) is 15.2. The lowest BCUT2D eigenvalue weighted by molar-refractivity contribution is 0.370. The number of hydrogen-bond acceptors (Lipinski definition) is 3. The van der Waals surface area contributed by atoms with Gasteiger partial charge in [-0.25, -0.2) is 4.98 Å². The molecule has 0 aliphatic carbocycles. The minimum atomic E-state index is 0.294. The summed E-state index contributed by atoms with van der Waals surface area (Å²) in [7, 11) is 1.70. The zero-order valence-electron chi connectivity index (χ0n) is 16.7. The fraction of sp³-hybridized carbons (Fsp3) is 0.435. The third kappa shape index (κ3) is 3.23. The molecule has 1 atom stereocenters. The number of aromatic nitrogens is 1. The van der Waals surface area contributed by atoms with Crippen LogP contribution in [0.15, 0.2) is 36.9 Å². The maximum absolute atomic E-state index is 5.61. The Bertz CT molecular complexity index is 796. The molecule has 0 bridgehead atoms. The van der Waals surface area contributed by atoms with E-state index < -0.39 is 0 Å². The van der Waals surface area contributed by atoms with Gasteiger partial charge in [-0.1, -0.05) is 57.7 Å². The molecule has 0 saturated carbocycles. The minimum Gasteiger partial charge on any atom is -0.497 e. The van der Waals surface area contributed by atoms with Crippen LogP contribution in [-0.4, -0.2) is 25.2 Å². The Morgan fingerprint density at radius 3 is 2.58 bits per heavy atom. The molecule has 3 heteroatoms. The van der Waals surface area contributed by atoms with Gasteiger partial charge < -0.3 is 9.64 Å². The molecule has 1 aromatic carbocycles. The van der Waals surface area contributed by atoms with E-state index in [0.717, 1.165) is 36.6 Å². The highest BCUT2D eigenvalue weighted by molar-refractivity contribution is 5.85. The molecule has 3 rings (SSSR count). The van der Waals surface area contributed by atoms with E-state index in [1.165, 1.54) is 16.7 Å². The second-order valence-corrected chi connectivity index (χ2v) is 7.55. The number of pyridine rings is 1. The van der Waals surface area contributed by atoms with Gasteiger partial charge in [-0.05, 0) is 30.7 Å². The smallest absolute Gasteiger partial charge is 0.132 e. The van der Waals surface area contributed by atoms with Gasteiger partial charge in [0, 0.05) is 29.8 Å². The summed E-state index contributed by atoms with van der Waals surface area (Å²) in [5.74, 6) is 2.73. The largest absolute Gasteiger partial charge is 0.497 e. The van der Waals surface area contributed by atoms with E-state index in [-0.39, 0.29) is 0 Å². The highest BCUT2D eigenvalue weighted by atomic mass is 16.5. The van der Waals surface area contributed by atoms with E-state index in [1.54, 1.807) is 7.11 Å². The van der Waals surface area contributed by atoms with Crippen molar-refractivity contribution in [3.05, 3.63) is 53.7 Å². The molecule has 0 saturated heterocycles. The third-order valence-electron chi connectivity index (χ3n) is 5.20. The lowest BCUT2D eigenvalue weighted by Crippen LogP contribution is -2.36. The molecule has 0 fully saturated rings. The Balaban J connectivity index is 2.40. The molecule has 1 aromatic heterocycles. The van der Waals surface area contributed by atoms with Crippen LogP contribution in [0.3, 0.4) is 0 Å². The van der Waals surface area contributed by atoms with Gasteiger partial charge in [0.15, 0.2) is 0 Å². The molecule has 26 heavy (non-hydrogen) atoms. The van der Waals surface area contributed by atoms with E-state index in [4.69, 9.17) is 9.72 Å². The van der Waals surface area contributed by atoms with Gasteiger partial charge in [0.1, 0.15) is 11.6 Å². The van der Waals surface area contributed by atoms with E-state index >= 15 is 0 Å². The summed E-state index contributed by atoms with van der Waals surface area (Å²) in [5, 5.41) is 0. The van der Waals surface area contributed by atoms with Gasteiger partial charge in [0.2, 0.25) is 0 Å². The van der Waals surface area contributed by atoms with Gasteiger partial charge >= 0.3 is 0 Å². The maximum atomic E-state index is 5.61. The summed E-state index contributed by atoms with van der Waals surface area (Å²) in [6.07, 6.45) is 1.03. The van der Waals surface area contributed by atoms with E-state index in [0.29, 0.717) is 17.6 Å². The number of nitrogens with zero attached hydrogens (tertiary/aromatic N) is 2. The molecule has 0 spiro atoms. The van der Waals surface area contributed by atoms with Gasteiger partial charge in [-0.2, -0.15) is 0 Å². The second-order valence-electron chi connectivity index (χ2n) is 7.55. The fourth-order valence-corrected chi connectivity index (χ4v) is 3.96. The minimum absolute atomic E-state index is 0.294. The van der Waals surface area contributed by atoms with Crippen LogP contribution in [0.5, 0.6) is 0 Å². The number of rotatable bonds is 5. The predicted octanol–water partition coefficient (Wildman–Crippen LogP) is 5.51. The lowest BCUT2D eigenvalue weighted by atomic mass is 9.84. The molecule has 2 aromatic rings. The fourth-order valence-electron chi connectivity index (χ4n) is 3.96. The van der Waals surface area contributed by atoms with Gasteiger partial charge in [-0.15, -0.1) is 0 Å². The van der Waals surface area contributed by atoms with Crippen molar-refractivity contribution in [1.29, 1.82) is 0 Å². The zero-order chi connectivity index (χ0) is 18.8. The van der Waals surface area contributed by atoms with Crippen LogP contribution in [0, 0.1) is 5.92 Å². The Hall–Kier alpha value is -2.29. The van der Waals surface area contributed by atoms with Gasteiger partial charge in [0.25, 0.3) is 0 Å². The number of ether oxygens (including phenoxy) is 1. The maximum Gasteiger partial charge on any atom is 0.132 e. The van der Waals surface area contributed by atoms with Gasteiger partial charge in [0.05, 0.1) is 12.8 Å². The van der Waals surface area contributed by atoms with Crippen molar-refractivity contribution in [2.45, 2.75) is 40.0 Å². The van der Waals surface area contributed by atoms with Crippen molar-refractivity contribution in [3.63, 3.8) is 0 Å². The third-order valence-corrected chi connectivity index (χ3v) is 5.20. The number of methoxy groups -OCH3 is 1. The van der Waals surface area contributed by atoms with Crippen molar-refractivity contribution >= 4 is 11.6 Å². The first-order chi connectivity index (χ1) is 12.5. The average Bonchev–Trinajstić information content (AvgIpc) is 2.65. The van der Waals surface area contributed by atoms with Crippen molar-refractivity contribution in [2.75, 3.05) is 25.1 Å². The molecule has 0 radical (unpaired) electrons. The van der Waals surface area contributed by atoms with Crippen LogP contribution >= 0.6 is 0 Å². The Labute approximate surface area is 157 Å². The lowest BCUT2D eigenvalue weighted by Gasteiger charge is -2.36. The summed E-state index contributed by atoms with van der Waals surface area (Å²) in [4.78, 5) is 7.56. The topological polar surface area (TPSA) is 25.4 Å². The molecule has 1 aliphatic heterocycles. The standard InChI is InChI=1S/C23H30N2O/c1-7-25-14-16(4)13-19-21(18-11-9-8-10-12-18)20(17(5)26-6)22(15(2)3)24-23(19)25/h8-12,15-16H,5,7,13-14H2,1-4,6H3. The number of benzene rings is 1. The van der Waals surface area contributed by atoms with Crippen molar-refractivity contribution in [2.24, 2.45) is 5.92 Å². The van der Waals surface area contributed by atoms with E-state index in [1.807, 2.05) is 0 Å². The first-order valence-corrected chi connectivity index (χ1v) is 9.58. The molecule has 2 heterocycles. The molecule has 0 amide bonds. The highest BCUT2D eigenvalue weighted by Crippen LogP contribution is 2.43. The number of fused-ring (bicyclic) bond motifs is 1. The zero-order valence-corrected chi connectivity index (χ0v) is 16.7. The molecule has 0 N–H and O–H groups in total. The summed E-state index contributed by atoms with van der Waals surface area (Å²) in [6, 6.07) is 10.6. The SMILES string of the molecule is C=C(OC)c1c(C(C)C)nc2c(c1-c1ccccc1)CC(C)CN2CC. The quantitative estimate of drug-likeness (QED) is 0.665. The molecule has 1 unspecified atom stereocenters. The number of anilines is 1.